The van der Waals surface area contributed by atoms with Gasteiger partial charge in [-0.2, -0.15) is 0 Å². The number of carbonyl (C=O) groups excluding carboxylic acids is 1. The van der Waals surface area contributed by atoms with Crippen LogP contribution in [0, 0.1) is 12.7 Å². The lowest BCUT2D eigenvalue weighted by Crippen LogP contribution is -2.14. The molecule has 0 bridgehead atoms. The topological polar surface area (TPSA) is 42.0 Å². The van der Waals surface area contributed by atoms with E-state index >= 15 is 0 Å². The fourth-order valence-corrected chi connectivity index (χ4v) is 2.26. The molecular weight excluding hydrogens is 379 g/mol. The Bertz CT molecular complexity index is 647. The first-order chi connectivity index (χ1) is 8.97. The maximum atomic E-state index is 13.7. The molecule has 0 aliphatic carbocycles. The lowest BCUT2D eigenvalue weighted by Gasteiger charge is -2.08. The molecule has 1 aromatic heterocycles. The molecule has 1 heterocycles. The minimum Gasteiger partial charge on any atom is -0.320 e. The molecule has 19 heavy (non-hydrogen) atoms. The van der Waals surface area contributed by atoms with Gasteiger partial charge in [0.2, 0.25) is 0 Å². The van der Waals surface area contributed by atoms with Crippen LogP contribution in [0.1, 0.15) is 16.1 Å². The lowest BCUT2D eigenvalue weighted by molar-refractivity contribution is 0.102. The van der Waals surface area contributed by atoms with Gasteiger partial charge in [0.1, 0.15) is 10.4 Å². The van der Waals surface area contributed by atoms with Crippen molar-refractivity contribution < 1.29 is 9.18 Å². The number of amides is 1. The zero-order valence-electron chi connectivity index (χ0n) is 9.88. The first-order valence-corrected chi connectivity index (χ1v) is 6.95. The largest absolute Gasteiger partial charge is 0.320 e. The van der Waals surface area contributed by atoms with Gasteiger partial charge in [-0.15, -0.1) is 0 Å². The second kappa shape index (κ2) is 5.79. The number of nitrogens with zero attached hydrogens (tertiary/aromatic N) is 1. The van der Waals surface area contributed by atoms with Gasteiger partial charge in [-0.3, -0.25) is 4.79 Å². The number of nitrogens with one attached hydrogen (secondary N) is 1. The van der Waals surface area contributed by atoms with E-state index in [1.807, 2.05) is 0 Å². The van der Waals surface area contributed by atoms with Gasteiger partial charge >= 0.3 is 0 Å². The van der Waals surface area contributed by atoms with Crippen LogP contribution in [-0.4, -0.2) is 10.9 Å². The summed E-state index contributed by atoms with van der Waals surface area (Å²) in [7, 11) is 0. The van der Waals surface area contributed by atoms with Crippen molar-refractivity contribution in [3.8, 4) is 0 Å². The van der Waals surface area contributed by atoms with Crippen molar-refractivity contribution in [3.05, 3.63) is 56.5 Å². The monoisotopic (exact) mass is 386 g/mol. The smallest absolute Gasteiger partial charge is 0.258 e. The SMILES string of the molecule is Cc1nc(Br)ccc1NC(=O)c1ccc(Br)cc1F. The number of pyridine rings is 1. The van der Waals surface area contributed by atoms with Crippen molar-refractivity contribution in [3.63, 3.8) is 0 Å². The summed E-state index contributed by atoms with van der Waals surface area (Å²) in [6, 6.07) is 7.71. The van der Waals surface area contributed by atoms with Gasteiger partial charge in [-0.05, 0) is 53.2 Å². The third-order valence-corrected chi connectivity index (χ3v) is 3.41. The third kappa shape index (κ3) is 3.39. The molecule has 1 N–H and O–H groups in total. The summed E-state index contributed by atoms with van der Waals surface area (Å²) in [5.41, 5.74) is 1.20. The summed E-state index contributed by atoms with van der Waals surface area (Å²) >= 11 is 6.38. The van der Waals surface area contributed by atoms with Crippen LogP contribution in [0.3, 0.4) is 0 Å². The molecule has 0 saturated carbocycles. The molecule has 0 spiro atoms. The molecule has 0 fully saturated rings. The zero-order chi connectivity index (χ0) is 14.0. The van der Waals surface area contributed by atoms with E-state index in [-0.39, 0.29) is 5.56 Å². The quantitative estimate of drug-likeness (QED) is 0.780. The van der Waals surface area contributed by atoms with Gasteiger partial charge in [0, 0.05) is 4.47 Å². The third-order valence-electron chi connectivity index (χ3n) is 2.48. The van der Waals surface area contributed by atoms with Gasteiger partial charge in [-0.1, -0.05) is 15.9 Å². The predicted octanol–water partition coefficient (Wildman–Crippen LogP) is 4.31. The highest BCUT2D eigenvalue weighted by molar-refractivity contribution is 9.10. The fraction of sp³-hybridized carbons (Fsp3) is 0.0769. The number of anilines is 1. The Morgan fingerprint density at radius 3 is 2.63 bits per heavy atom. The summed E-state index contributed by atoms with van der Waals surface area (Å²) in [6.07, 6.45) is 0. The number of rotatable bonds is 2. The molecule has 2 rings (SSSR count). The summed E-state index contributed by atoms with van der Waals surface area (Å²) in [6.45, 7) is 1.76. The Hall–Kier alpha value is -1.27. The highest BCUT2D eigenvalue weighted by atomic mass is 79.9. The molecule has 1 aromatic carbocycles. The van der Waals surface area contributed by atoms with E-state index in [1.54, 1.807) is 25.1 Å². The Morgan fingerprint density at radius 1 is 1.26 bits per heavy atom. The van der Waals surface area contributed by atoms with Crippen LogP contribution in [0.25, 0.3) is 0 Å². The fourth-order valence-electron chi connectivity index (χ4n) is 1.53. The van der Waals surface area contributed by atoms with E-state index in [0.29, 0.717) is 20.5 Å². The number of hydrogen-bond acceptors (Lipinski definition) is 2. The van der Waals surface area contributed by atoms with Crippen LogP contribution in [-0.2, 0) is 0 Å². The Morgan fingerprint density at radius 2 is 2.00 bits per heavy atom. The molecule has 98 valence electrons. The van der Waals surface area contributed by atoms with Crippen LogP contribution in [0.5, 0.6) is 0 Å². The molecule has 0 aliphatic rings. The van der Waals surface area contributed by atoms with Crippen molar-refractivity contribution in [1.29, 1.82) is 0 Å². The zero-order valence-corrected chi connectivity index (χ0v) is 13.0. The minimum absolute atomic E-state index is 0.00878. The maximum Gasteiger partial charge on any atom is 0.258 e. The number of carbonyl (C=O) groups is 1. The van der Waals surface area contributed by atoms with Gasteiger partial charge in [0.05, 0.1) is 16.9 Å². The standard InChI is InChI=1S/C13H9Br2FN2O/c1-7-11(4-5-12(15)17-7)18-13(19)9-3-2-8(14)6-10(9)16/h2-6H,1H3,(H,18,19). The number of aryl methyl sites for hydroxylation is 1. The molecule has 0 unspecified atom stereocenters. The predicted molar refractivity (Wildman–Crippen MR) is 78.7 cm³/mol. The van der Waals surface area contributed by atoms with E-state index in [9.17, 15) is 9.18 Å². The van der Waals surface area contributed by atoms with Gasteiger partial charge in [0.25, 0.3) is 5.91 Å². The molecule has 3 nitrogen and oxygen atoms in total. The van der Waals surface area contributed by atoms with Crippen LogP contribution >= 0.6 is 31.9 Å². The van der Waals surface area contributed by atoms with Crippen LogP contribution in [0.4, 0.5) is 10.1 Å². The van der Waals surface area contributed by atoms with Crippen LogP contribution in [0.15, 0.2) is 39.4 Å². The van der Waals surface area contributed by atoms with Crippen molar-refractivity contribution in [1.82, 2.24) is 4.98 Å². The molecule has 1 amide bonds. The molecule has 0 saturated heterocycles. The first kappa shape index (κ1) is 14.1. The molecule has 2 aromatic rings. The normalized spacial score (nSPS) is 10.3. The van der Waals surface area contributed by atoms with Crippen molar-refractivity contribution in [2.24, 2.45) is 0 Å². The maximum absolute atomic E-state index is 13.7. The summed E-state index contributed by atoms with van der Waals surface area (Å²) in [5, 5.41) is 2.64. The second-order valence-corrected chi connectivity index (χ2v) is 5.57. The van der Waals surface area contributed by atoms with E-state index in [4.69, 9.17) is 0 Å². The Balaban J connectivity index is 2.25. The first-order valence-electron chi connectivity index (χ1n) is 5.37. The number of halogens is 3. The van der Waals surface area contributed by atoms with Crippen molar-refractivity contribution in [2.75, 3.05) is 5.32 Å². The highest BCUT2D eigenvalue weighted by Gasteiger charge is 2.13. The summed E-state index contributed by atoms with van der Waals surface area (Å²) < 4.78 is 14.9. The molecule has 0 radical (unpaired) electrons. The lowest BCUT2D eigenvalue weighted by atomic mass is 10.2. The van der Waals surface area contributed by atoms with E-state index in [1.165, 1.54) is 12.1 Å². The molecule has 0 aliphatic heterocycles. The molecular formula is C13H9Br2FN2O. The average Bonchev–Trinajstić information content (AvgIpc) is 2.32. The molecule has 0 atom stereocenters. The number of aromatic nitrogens is 1. The van der Waals surface area contributed by atoms with E-state index < -0.39 is 11.7 Å². The van der Waals surface area contributed by atoms with E-state index in [0.717, 1.165) is 0 Å². The number of hydrogen-bond donors (Lipinski definition) is 1. The van der Waals surface area contributed by atoms with Crippen molar-refractivity contribution >= 4 is 43.5 Å². The molecule has 6 heteroatoms. The van der Waals surface area contributed by atoms with E-state index in [2.05, 4.69) is 42.2 Å². The van der Waals surface area contributed by atoms with Gasteiger partial charge in [-0.25, -0.2) is 9.37 Å². The van der Waals surface area contributed by atoms with Crippen LogP contribution < -0.4 is 5.32 Å². The average molecular weight is 388 g/mol. The summed E-state index contributed by atoms with van der Waals surface area (Å²) in [4.78, 5) is 16.1. The van der Waals surface area contributed by atoms with Gasteiger partial charge < -0.3 is 5.32 Å². The minimum atomic E-state index is -0.574. The number of benzene rings is 1. The highest BCUT2D eigenvalue weighted by Crippen LogP contribution is 2.19. The second-order valence-electron chi connectivity index (χ2n) is 3.85. The van der Waals surface area contributed by atoms with Crippen molar-refractivity contribution in [2.45, 2.75) is 6.92 Å². The van der Waals surface area contributed by atoms with Gasteiger partial charge in [0.15, 0.2) is 0 Å². The Kier molecular flexibility index (Phi) is 4.31. The Labute approximate surface area is 126 Å². The van der Waals surface area contributed by atoms with Crippen LogP contribution in [0.2, 0.25) is 0 Å². The summed E-state index contributed by atoms with van der Waals surface area (Å²) in [5.74, 6) is -1.08.